The van der Waals surface area contributed by atoms with Gasteiger partial charge in [-0.15, -0.1) is 0 Å². The molecule has 0 aromatic heterocycles. The summed E-state index contributed by atoms with van der Waals surface area (Å²) in [4.78, 5) is 11.0. The molecular weight excluding hydrogens is 238 g/mol. The van der Waals surface area contributed by atoms with Crippen molar-refractivity contribution in [3.05, 3.63) is 35.4 Å². The Kier molecular flexibility index (Phi) is 6.57. The highest BCUT2D eigenvalue weighted by Gasteiger charge is 2.14. The van der Waals surface area contributed by atoms with Crippen molar-refractivity contribution in [1.82, 2.24) is 5.32 Å². The summed E-state index contributed by atoms with van der Waals surface area (Å²) in [5.41, 5.74) is 2.59. The van der Waals surface area contributed by atoms with Crippen LogP contribution in [0.15, 0.2) is 24.3 Å². The molecule has 1 aromatic rings. The van der Waals surface area contributed by atoms with Crippen LogP contribution in [0.4, 0.5) is 0 Å². The fourth-order valence-corrected chi connectivity index (χ4v) is 2.06. The first-order chi connectivity index (χ1) is 9.04. The molecule has 1 aromatic carbocycles. The normalized spacial score (nSPS) is 12.6. The van der Waals surface area contributed by atoms with Crippen LogP contribution >= 0.6 is 0 Å². The Morgan fingerprint density at radius 1 is 1.26 bits per heavy atom. The van der Waals surface area contributed by atoms with Gasteiger partial charge in [0.1, 0.15) is 6.04 Å². The number of carboxylic acid groups (broad SMARTS) is 1. The topological polar surface area (TPSA) is 49.3 Å². The van der Waals surface area contributed by atoms with Crippen molar-refractivity contribution in [3.8, 4) is 0 Å². The highest BCUT2D eigenvalue weighted by atomic mass is 16.4. The lowest BCUT2D eigenvalue weighted by Crippen LogP contribution is -2.37. The zero-order valence-electron chi connectivity index (χ0n) is 12.1. The lowest BCUT2D eigenvalue weighted by atomic mass is 10.0. The molecule has 0 aliphatic rings. The molecule has 0 bridgehead atoms. The number of carboxylic acids is 1. The van der Waals surface area contributed by atoms with Gasteiger partial charge in [-0.2, -0.15) is 0 Å². The summed E-state index contributed by atoms with van der Waals surface area (Å²) < 4.78 is 0. The summed E-state index contributed by atoms with van der Waals surface area (Å²) in [6.07, 6.45) is 2.43. The maximum atomic E-state index is 11.0. The van der Waals surface area contributed by atoms with Crippen molar-refractivity contribution in [2.45, 2.75) is 52.0 Å². The molecule has 0 radical (unpaired) electrons. The van der Waals surface area contributed by atoms with E-state index in [1.54, 1.807) is 0 Å². The van der Waals surface area contributed by atoms with E-state index in [0.29, 0.717) is 18.9 Å². The molecule has 19 heavy (non-hydrogen) atoms. The van der Waals surface area contributed by atoms with E-state index in [0.717, 1.165) is 12.8 Å². The first kappa shape index (κ1) is 15.7. The Morgan fingerprint density at radius 2 is 1.89 bits per heavy atom. The molecule has 0 heterocycles. The van der Waals surface area contributed by atoms with Gasteiger partial charge in [0, 0.05) is 0 Å². The van der Waals surface area contributed by atoms with Crippen LogP contribution in [0.1, 0.15) is 50.7 Å². The minimum absolute atomic E-state index is 0.417. The molecular formula is C16H25NO2. The largest absolute Gasteiger partial charge is 0.480 e. The number of aliphatic carboxylic acids is 1. The number of nitrogens with one attached hydrogen (secondary N) is 1. The second kappa shape index (κ2) is 7.95. The Morgan fingerprint density at radius 3 is 2.37 bits per heavy atom. The number of benzene rings is 1. The van der Waals surface area contributed by atoms with Crippen molar-refractivity contribution in [3.63, 3.8) is 0 Å². The third-order valence-corrected chi connectivity index (χ3v) is 3.33. The number of carbonyl (C=O) groups is 1. The van der Waals surface area contributed by atoms with Crippen molar-refractivity contribution in [2.24, 2.45) is 0 Å². The number of hydrogen-bond acceptors (Lipinski definition) is 2. The zero-order valence-corrected chi connectivity index (χ0v) is 12.1. The first-order valence-electron chi connectivity index (χ1n) is 7.09. The second-order valence-corrected chi connectivity index (χ2v) is 5.28. The monoisotopic (exact) mass is 263 g/mol. The van der Waals surface area contributed by atoms with Gasteiger partial charge in [-0.3, -0.25) is 4.79 Å². The predicted octanol–water partition coefficient (Wildman–Crippen LogP) is 3.20. The van der Waals surface area contributed by atoms with E-state index < -0.39 is 12.0 Å². The summed E-state index contributed by atoms with van der Waals surface area (Å²) in [5.74, 6) is -0.204. The lowest BCUT2D eigenvalue weighted by Gasteiger charge is -2.13. The molecule has 1 atom stereocenters. The summed E-state index contributed by atoms with van der Waals surface area (Å²) >= 11 is 0. The average molecular weight is 263 g/mol. The van der Waals surface area contributed by atoms with Crippen LogP contribution in [-0.2, 0) is 11.2 Å². The first-order valence-corrected chi connectivity index (χ1v) is 7.09. The quantitative estimate of drug-likeness (QED) is 0.757. The highest BCUT2D eigenvalue weighted by Crippen LogP contribution is 2.14. The van der Waals surface area contributed by atoms with Crippen molar-refractivity contribution in [2.75, 3.05) is 6.54 Å². The third-order valence-electron chi connectivity index (χ3n) is 3.33. The molecule has 3 heteroatoms. The molecule has 0 aliphatic carbocycles. The molecule has 3 nitrogen and oxygen atoms in total. The minimum Gasteiger partial charge on any atom is -0.480 e. The standard InChI is InChI=1S/C16H25NO2/c1-4-5-15(16(18)19)17-11-10-13-6-8-14(9-7-13)12(2)3/h6-9,12,15,17H,4-5,10-11H2,1-3H3,(H,18,19). The SMILES string of the molecule is CCCC(NCCc1ccc(C(C)C)cc1)C(=O)O. The molecule has 0 saturated carbocycles. The molecule has 0 spiro atoms. The molecule has 2 N–H and O–H groups in total. The Bertz CT molecular complexity index is 384. The van der Waals surface area contributed by atoms with Gasteiger partial charge in [0.05, 0.1) is 0 Å². The lowest BCUT2D eigenvalue weighted by molar-refractivity contribution is -0.139. The Balaban J connectivity index is 2.41. The fraction of sp³-hybridized carbons (Fsp3) is 0.562. The highest BCUT2D eigenvalue weighted by molar-refractivity contribution is 5.73. The van der Waals surface area contributed by atoms with E-state index in [-0.39, 0.29) is 0 Å². The van der Waals surface area contributed by atoms with E-state index >= 15 is 0 Å². The molecule has 0 saturated heterocycles. The van der Waals surface area contributed by atoms with Crippen LogP contribution in [0.25, 0.3) is 0 Å². The minimum atomic E-state index is -0.753. The van der Waals surface area contributed by atoms with Gasteiger partial charge < -0.3 is 10.4 Å². The maximum absolute atomic E-state index is 11.0. The molecule has 1 unspecified atom stereocenters. The number of rotatable bonds is 8. The van der Waals surface area contributed by atoms with Crippen LogP contribution < -0.4 is 5.32 Å². The van der Waals surface area contributed by atoms with Crippen LogP contribution in [0.5, 0.6) is 0 Å². The third kappa shape index (κ3) is 5.43. The Labute approximate surface area is 116 Å². The summed E-state index contributed by atoms with van der Waals surface area (Å²) in [7, 11) is 0. The van der Waals surface area contributed by atoms with Gasteiger partial charge in [-0.25, -0.2) is 0 Å². The fourth-order valence-electron chi connectivity index (χ4n) is 2.06. The number of hydrogen-bond donors (Lipinski definition) is 2. The summed E-state index contributed by atoms with van der Waals surface area (Å²) in [6, 6.07) is 8.15. The molecule has 0 amide bonds. The van der Waals surface area contributed by atoms with Gasteiger partial charge in [0.15, 0.2) is 0 Å². The van der Waals surface area contributed by atoms with Crippen LogP contribution in [0, 0.1) is 0 Å². The zero-order chi connectivity index (χ0) is 14.3. The van der Waals surface area contributed by atoms with Crippen LogP contribution in [0.3, 0.4) is 0 Å². The van der Waals surface area contributed by atoms with E-state index in [4.69, 9.17) is 5.11 Å². The van der Waals surface area contributed by atoms with Crippen molar-refractivity contribution < 1.29 is 9.90 Å². The molecule has 1 rings (SSSR count). The van der Waals surface area contributed by atoms with E-state index in [1.165, 1.54) is 11.1 Å². The average Bonchev–Trinajstić information content (AvgIpc) is 2.38. The van der Waals surface area contributed by atoms with Gasteiger partial charge in [-0.1, -0.05) is 51.5 Å². The van der Waals surface area contributed by atoms with Crippen molar-refractivity contribution >= 4 is 5.97 Å². The predicted molar refractivity (Wildman–Crippen MR) is 78.6 cm³/mol. The van der Waals surface area contributed by atoms with Crippen LogP contribution in [0.2, 0.25) is 0 Å². The molecule has 0 fully saturated rings. The summed E-state index contributed by atoms with van der Waals surface area (Å²) in [6.45, 7) is 7.07. The van der Waals surface area contributed by atoms with Crippen LogP contribution in [-0.4, -0.2) is 23.7 Å². The van der Waals surface area contributed by atoms with Gasteiger partial charge >= 0.3 is 5.97 Å². The Hall–Kier alpha value is -1.35. The van der Waals surface area contributed by atoms with Gasteiger partial charge in [0.2, 0.25) is 0 Å². The van der Waals surface area contributed by atoms with E-state index in [2.05, 4.69) is 43.4 Å². The maximum Gasteiger partial charge on any atom is 0.320 e. The molecule has 0 aliphatic heterocycles. The second-order valence-electron chi connectivity index (χ2n) is 5.28. The van der Waals surface area contributed by atoms with Gasteiger partial charge in [0.25, 0.3) is 0 Å². The van der Waals surface area contributed by atoms with Crippen molar-refractivity contribution in [1.29, 1.82) is 0 Å². The van der Waals surface area contributed by atoms with E-state index in [1.807, 2.05) is 6.92 Å². The molecule has 106 valence electrons. The smallest absolute Gasteiger partial charge is 0.320 e. The summed E-state index contributed by atoms with van der Waals surface area (Å²) in [5, 5.41) is 12.1. The van der Waals surface area contributed by atoms with E-state index in [9.17, 15) is 4.79 Å². The van der Waals surface area contributed by atoms with Gasteiger partial charge in [-0.05, 0) is 36.4 Å².